The van der Waals surface area contributed by atoms with Crippen LogP contribution in [0.15, 0.2) is 108 Å². The molecule has 7 heteroatoms. The number of hydrogen-bond donors (Lipinski definition) is 3. The van der Waals surface area contributed by atoms with Gasteiger partial charge in [-0.2, -0.15) is 0 Å². The number of rotatable bonds is 5. The highest BCUT2D eigenvalue weighted by atomic mass is 16.3. The maximum atomic E-state index is 12.4. The molecule has 36 heavy (non-hydrogen) atoms. The van der Waals surface area contributed by atoms with Gasteiger partial charge in [0.2, 0.25) is 0 Å². The number of para-hydroxylation sites is 1. The summed E-state index contributed by atoms with van der Waals surface area (Å²) in [6.45, 7) is 0. The number of carbonyl (C=O) groups is 1. The number of hydrogen-bond acceptors (Lipinski definition) is 6. The third-order valence-corrected chi connectivity index (χ3v) is 5.93. The summed E-state index contributed by atoms with van der Waals surface area (Å²) >= 11 is 0. The van der Waals surface area contributed by atoms with Crippen LogP contribution < -0.4 is 16.4 Å². The Kier molecular flexibility index (Phi) is 5.27. The minimum Gasteiger partial charge on any atom is -0.456 e. The lowest BCUT2D eigenvalue weighted by atomic mass is 10.0. The fourth-order valence-electron chi connectivity index (χ4n) is 4.18. The Morgan fingerprint density at radius 3 is 2.36 bits per heavy atom. The topological polar surface area (TPSA) is 106 Å². The third kappa shape index (κ3) is 4.10. The SMILES string of the molecule is Nc1ccc(C(=O)Nc2ccc(Nc3cc(-c4cccc5oc6ccccc6c45)ncn3)cc2)cc1. The molecule has 0 atom stereocenters. The van der Waals surface area contributed by atoms with Crippen molar-refractivity contribution in [3.8, 4) is 11.3 Å². The first-order chi connectivity index (χ1) is 17.6. The molecule has 4 N–H and O–H groups in total. The average Bonchev–Trinajstić information content (AvgIpc) is 3.29. The molecule has 0 aliphatic rings. The van der Waals surface area contributed by atoms with E-state index < -0.39 is 0 Å². The first-order valence-corrected chi connectivity index (χ1v) is 11.4. The summed E-state index contributed by atoms with van der Waals surface area (Å²) in [4.78, 5) is 21.3. The van der Waals surface area contributed by atoms with Crippen molar-refractivity contribution in [2.45, 2.75) is 0 Å². The van der Waals surface area contributed by atoms with E-state index in [1.54, 1.807) is 30.6 Å². The molecule has 0 unspecified atom stereocenters. The van der Waals surface area contributed by atoms with Gasteiger partial charge in [-0.25, -0.2) is 9.97 Å². The summed E-state index contributed by atoms with van der Waals surface area (Å²) in [6.07, 6.45) is 1.54. The van der Waals surface area contributed by atoms with Gasteiger partial charge in [0.15, 0.2) is 0 Å². The van der Waals surface area contributed by atoms with Crippen LogP contribution in [-0.2, 0) is 0 Å². The first-order valence-electron chi connectivity index (χ1n) is 11.4. The van der Waals surface area contributed by atoms with E-state index in [1.165, 1.54) is 0 Å². The maximum Gasteiger partial charge on any atom is 0.255 e. The van der Waals surface area contributed by atoms with Crippen LogP contribution in [0.4, 0.5) is 22.9 Å². The lowest BCUT2D eigenvalue weighted by Crippen LogP contribution is -2.11. The Balaban J connectivity index is 1.23. The van der Waals surface area contributed by atoms with Crippen LogP contribution >= 0.6 is 0 Å². The molecule has 0 bridgehead atoms. The number of anilines is 4. The van der Waals surface area contributed by atoms with Crippen LogP contribution in [0.25, 0.3) is 33.2 Å². The van der Waals surface area contributed by atoms with Crippen LogP contribution in [0.5, 0.6) is 0 Å². The van der Waals surface area contributed by atoms with E-state index in [-0.39, 0.29) is 5.91 Å². The summed E-state index contributed by atoms with van der Waals surface area (Å²) in [5.74, 6) is 0.459. The molecular formula is C29H21N5O2. The van der Waals surface area contributed by atoms with Gasteiger partial charge in [-0.05, 0) is 60.7 Å². The zero-order chi connectivity index (χ0) is 24.5. The van der Waals surface area contributed by atoms with Crippen molar-refractivity contribution in [3.05, 3.63) is 109 Å². The molecule has 4 aromatic carbocycles. The Bertz CT molecular complexity index is 1710. The lowest BCUT2D eigenvalue weighted by molar-refractivity contribution is 0.102. The second kappa shape index (κ2) is 8.88. The van der Waals surface area contributed by atoms with Gasteiger partial charge in [0.1, 0.15) is 23.3 Å². The zero-order valence-electron chi connectivity index (χ0n) is 19.1. The zero-order valence-corrected chi connectivity index (χ0v) is 19.1. The van der Waals surface area contributed by atoms with Crippen molar-refractivity contribution < 1.29 is 9.21 Å². The molecule has 0 aliphatic carbocycles. The monoisotopic (exact) mass is 471 g/mol. The quantitative estimate of drug-likeness (QED) is 0.244. The van der Waals surface area contributed by atoms with Crippen molar-refractivity contribution in [2.24, 2.45) is 0 Å². The van der Waals surface area contributed by atoms with Crippen molar-refractivity contribution in [3.63, 3.8) is 0 Å². The van der Waals surface area contributed by atoms with E-state index in [2.05, 4.69) is 26.7 Å². The van der Waals surface area contributed by atoms with Gasteiger partial charge in [0.25, 0.3) is 5.91 Å². The van der Waals surface area contributed by atoms with Crippen LogP contribution in [0.1, 0.15) is 10.4 Å². The third-order valence-electron chi connectivity index (χ3n) is 5.93. The summed E-state index contributed by atoms with van der Waals surface area (Å²) in [5, 5.41) is 8.27. The van der Waals surface area contributed by atoms with E-state index in [0.29, 0.717) is 22.8 Å². The largest absolute Gasteiger partial charge is 0.456 e. The molecule has 1 amide bonds. The van der Waals surface area contributed by atoms with E-state index in [0.717, 1.165) is 38.9 Å². The number of nitrogen functional groups attached to an aromatic ring is 1. The number of furan rings is 1. The predicted octanol–water partition coefficient (Wildman–Crippen LogP) is 6.62. The van der Waals surface area contributed by atoms with Gasteiger partial charge in [-0.1, -0.05) is 30.3 Å². The van der Waals surface area contributed by atoms with Crippen molar-refractivity contribution in [2.75, 3.05) is 16.4 Å². The molecule has 0 fully saturated rings. The summed E-state index contributed by atoms with van der Waals surface area (Å²) < 4.78 is 6.02. The average molecular weight is 472 g/mol. The number of fused-ring (bicyclic) bond motifs is 3. The number of nitrogens with zero attached hydrogens (tertiary/aromatic N) is 2. The first kappa shape index (κ1) is 21.4. The summed E-state index contributed by atoms with van der Waals surface area (Å²) in [6, 6.07) is 30.1. The Hall–Kier alpha value is -5.17. The molecule has 6 aromatic rings. The predicted molar refractivity (Wildman–Crippen MR) is 143 cm³/mol. The Labute approximate surface area is 206 Å². The highest BCUT2D eigenvalue weighted by molar-refractivity contribution is 6.12. The maximum absolute atomic E-state index is 12.4. The molecular weight excluding hydrogens is 450 g/mol. The molecule has 0 radical (unpaired) electrons. The highest BCUT2D eigenvalue weighted by Gasteiger charge is 2.13. The standard InChI is InChI=1S/C29H21N5O2/c30-19-10-8-18(9-11-19)29(35)34-21-14-12-20(13-15-21)33-27-16-24(31-17-32-27)22-5-3-7-26-28(22)23-4-1-2-6-25(23)36-26/h1-17H,30H2,(H,34,35)(H,31,32,33). The van der Waals surface area contributed by atoms with E-state index in [9.17, 15) is 4.79 Å². The molecule has 2 heterocycles. The van der Waals surface area contributed by atoms with Gasteiger partial charge >= 0.3 is 0 Å². The number of aromatic nitrogens is 2. The number of benzene rings is 4. The minimum atomic E-state index is -0.197. The highest BCUT2D eigenvalue weighted by Crippen LogP contribution is 2.36. The lowest BCUT2D eigenvalue weighted by Gasteiger charge is -2.10. The fourth-order valence-corrected chi connectivity index (χ4v) is 4.18. The molecule has 6 rings (SSSR count). The normalized spacial score (nSPS) is 11.0. The van der Waals surface area contributed by atoms with Gasteiger partial charge in [0, 0.05) is 45.0 Å². The van der Waals surface area contributed by atoms with Gasteiger partial charge in [-0.3, -0.25) is 4.79 Å². The van der Waals surface area contributed by atoms with Crippen molar-refractivity contribution >= 4 is 50.7 Å². The van der Waals surface area contributed by atoms with Gasteiger partial charge in [0.05, 0.1) is 5.69 Å². The Morgan fingerprint density at radius 1 is 0.778 bits per heavy atom. The van der Waals surface area contributed by atoms with Crippen LogP contribution in [0, 0.1) is 0 Å². The molecule has 0 saturated carbocycles. The van der Waals surface area contributed by atoms with Gasteiger partial charge in [-0.15, -0.1) is 0 Å². The molecule has 174 valence electrons. The van der Waals surface area contributed by atoms with Crippen molar-refractivity contribution in [1.82, 2.24) is 9.97 Å². The van der Waals surface area contributed by atoms with E-state index in [1.807, 2.05) is 66.7 Å². The van der Waals surface area contributed by atoms with E-state index in [4.69, 9.17) is 10.2 Å². The minimum absolute atomic E-state index is 0.197. The van der Waals surface area contributed by atoms with Crippen molar-refractivity contribution in [1.29, 1.82) is 0 Å². The Morgan fingerprint density at radius 2 is 1.53 bits per heavy atom. The molecule has 0 saturated heterocycles. The molecule has 0 aliphatic heterocycles. The summed E-state index contributed by atoms with van der Waals surface area (Å²) in [7, 11) is 0. The van der Waals surface area contributed by atoms with Crippen LogP contribution in [-0.4, -0.2) is 15.9 Å². The number of nitrogens with one attached hydrogen (secondary N) is 2. The van der Waals surface area contributed by atoms with Crippen LogP contribution in [0.2, 0.25) is 0 Å². The van der Waals surface area contributed by atoms with E-state index >= 15 is 0 Å². The number of amides is 1. The molecule has 7 nitrogen and oxygen atoms in total. The van der Waals surface area contributed by atoms with Crippen LogP contribution in [0.3, 0.4) is 0 Å². The summed E-state index contributed by atoms with van der Waals surface area (Å²) in [5.41, 5.74) is 11.8. The smallest absolute Gasteiger partial charge is 0.255 e. The number of nitrogens with two attached hydrogens (primary N) is 1. The van der Waals surface area contributed by atoms with Gasteiger partial charge < -0.3 is 20.8 Å². The molecule has 2 aromatic heterocycles. The second-order valence-corrected chi connectivity index (χ2v) is 8.34. The fraction of sp³-hybridized carbons (Fsp3) is 0. The number of carbonyl (C=O) groups excluding carboxylic acids is 1. The molecule has 0 spiro atoms. The second-order valence-electron chi connectivity index (χ2n) is 8.34.